The van der Waals surface area contributed by atoms with Gasteiger partial charge >= 0.3 is 0 Å². The molecular formula is C16H11BrClFN2. The van der Waals surface area contributed by atoms with Gasteiger partial charge in [0, 0.05) is 23.8 Å². The second-order valence-electron chi connectivity index (χ2n) is 4.60. The van der Waals surface area contributed by atoms with Crippen LogP contribution in [0.25, 0.3) is 10.9 Å². The molecule has 0 radical (unpaired) electrons. The molecule has 0 saturated carbocycles. The fourth-order valence-electron chi connectivity index (χ4n) is 2.14. The molecule has 0 spiro atoms. The molecular weight excluding hydrogens is 355 g/mol. The van der Waals surface area contributed by atoms with E-state index >= 15 is 0 Å². The van der Waals surface area contributed by atoms with E-state index in [-0.39, 0.29) is 5.82 Å². The molecule has 5 heteroatoms. The lowest BCUT2D eigenvalue weighted by Gasteiger charge is -2.11. The minimum absolute atomic E-state index is 0.264. The first-order valence-corrected chi connectivity index (χ1v) is 7.53. The third-order valence-corrected chi connectivity index (χ3v) is 4.10. The van der Waals surface area contributed by atoms with Crippen LogP contribution < -0.4 is 5.32 Å². The van der Waals surface area contributed by atoms with Crippen molar-refractivity contribution in [1.29, 1.82) is 0 Å². The highest BCUT2D eigenvalue weighted by Gasteiger charge is 2.06. The summed E-state index contributed by atoms with van der Waals surface area (Å²) in [4.78, 5) is 4.29. The van der Waals surface area contributed by atoms with Crippen LogP contribution in [0, 0.1) is 5.82 Å². The van der Waals surface area contributed by atoms with E-state index in [4.69, 9.17) is 11.6 Å². The number of fused-ring (bicyclic) bond motifs is 1. The van der Waals surface area contributed by atoms with Gasteiger partial charge in [-0.25, -0.2) is 4.39 Å². The number of nitrogens with one attached hydrogen (secondary N) is 1. The predicted molar refractivity (Wildman–Crippen MR) is 88.2 cm³/mol. The zero-order valence-electron chi connectivity index (χ0n) is 10.9. The Kier molecular flexibility index (Phi) is 4.08. The van der Waals surface area contributed by atoms with Gasteiger partial charge in [-0.05, 0) is 57.9 Å². The van der Waals surface area contributed by atoms with Crippen molar-refractivity contribution in [2.75, 3.05) is 5.32 Å². The molecule has 2 aromatic carbocycles. The summed E-state index contributed by atoms with van der Waals surface area (Å²) in [6, 6.07) is 12.5. The van der Waals surface area contributed by atoms with Gasteiger partial charge in [0.25, 0.3) is 0 Å². The van der Waals surface area contributed by atoms with E-state index in [2.05, 4.69) is 26.2 Å². The first-order chi connectivity index (χ1) is 10.1. The van der Waals surface area contributed by atoms with Crippen molar-refractivity contribution in [3.05, 3.63) is 69.5 Å². The summed E-state index contributed by atoms with van der Waals surface area (Å²) in [5.41, 5.74) is 2.70. The van der Waals surface area contributed by atoms with E-state index < -0.39 is 0 Å². The maximum absolute atomic E-state index is 13.2. The summed E-state index contributed by atoms with van der Waals surface area (Å²) in [7, 11) is 0. The molecule has 0 fully saturated rings. The molecule has 0 aliphatic carbocycles. The first-order valence-electron chi connectivity index (χ1n) is 6.36. The summed E-state index contributed by atoms with van der Waals surface area (Å²) in [6.45, 7) is 0.588. The molecule has 2 nitrogen and oxygen atoms in total. The lowest BCUT2D eigenvalue weighted by Crippen LogP contribution is -2.00. The van der Waals surface area contributed by atoms with Gasteiger partial charge in [0.2, 0.25) is 0 Å². The zero-order valence-corrected chi connectivity index (χ0v) is 13.2. The quantitative estimate of drug-likeness (QED) is 0.672. The Morgan fingerprint density at radius 3 is 2.86 bits per heavy atom. The Morgan fingerprint density at radius 1 is 1.19 bits per heavy atom. The average Bonchev–Trinajstić information content (AvgIpc) is 2.50. The first kappa shape index (κ1) is 14.3. The minimum Gasteiger partial charge on any atom is -0.380 e. The van der Waals surface area contributed by atoms with Gasteiger partial charge in [-0.1, -0.05) is 17.7 Å². The van der Waals surface area contributed by atoms with Gasteiger partial charge in [-0.15, -0.1) is 0 Å². The van der Waals surface area contributed by atoms with Crippen LogP contribution in [0.5, 0.6) is 0 Å². The van der Waals surface area contributed by atoms with Gasteiger partial charge < -0.3 is 5.32 Å². The molecule has 0 amide bonds. The van der Waals surface area contributed by atoms with E-state index in [0.717, 1.165) is 22.2 Å². The van der Waals surface area contributed by atoms with E-state index in [1.54, 1.807) is 18.3 Å². The van der Waals surface area contributed by atoms with Crippen molar-refractivity contribution in [2.45, 2.75) is 6.54 Å². The summed E-state index contributed by atoms with van der Waals surface area (Å²) < 4.78 is 13.7. The third kappa shape index (κ3) is 3.01. The van der Waals surface area contributed by atoms with Crippen LogP contribution in [0.3, 0.4) is 0 Å². The number of nitrogens with zero attached hydrogens (tertiary/aromatic N) is 1. The summed E-state index contributed by atoms with van der Waals surface area (Å²) in [6.07, 6.45) is 1.72. The fraction of sp³-hybridized carbons (Fsp3) is 0.0625. The van der Waals surface area contributed by atoms with Crippen molar-refractivity contribution in [3.8, 4) is 0 Å². The topological polar surface area (TPSA) is 24.9 Å². The van der Waals surface area contributed by atoms with Crippen LogP contribution in [0.2, 0.25) is 5.02 Å². The van der Waals surface area contributed by atoms with Crippen LogP contribution >= 0.6 is 27.5 Å². The van der Waals surface area contributed by atoms with Crippen molar-refractivity contribution < 1.29 is 4.39 Å². The summed E-state index contributed by atoms with van der Waals surface area (Å²) in [5, 5.41) is 4.93. The van der Waals surface area contributed by atoms with Crippen molar-refractivity contribution in [1.82, 2.24) is 4.98 Å². The highest BCUT2D eigenvalue weighted by Crippen LogP contribution is 2.28. The monoisotopic (exact) mass is 364 g/mol. The molecule has 1 aromatic heterocycles. The number of pyridine rings is 1. The minimum atomic E-state index is -0.264. The fourth-order valence-corrected chi connectivity index (χ4v) is 2.78. The number of anilines is 1. The Hall–Kier alpha value is -1.65. The smallest absolute Gasteiger partial charge is 0.137 e. The van der Waals surface area contributed by atoms with E-state index in [9.17, 15) is 4.39 Å². The van der Waals surface area contributed by atoms with Gasteiger partial charge in [0.1, 0.15) is 5.82 Å². The number of aromatic nitrogens is 1. The van der Waals surface area contributed by atoms with E-state index in [1.807, 2.05) is 24.3 Å². The highest BCUT2D eigenvalue weighted by atomic mass is 79.9. The van der Waals surface area contributed by atoms with Crippen LogP contribution in [0.15, 0.2) is 53.1 Å². The Bertz CT molecular complexity index is 807. The normalized spacial score (nSPS) is 10.8. The van der Waals surface area contributed by atoms with Gasteiger partial charge in [0.15, 0.2) is 0 Å². The molecule has 0 aliphatic heterocycles. The standard InChI is InChI=1S/C16H11BrClFN2/c17-12-8-10(3-5-14(12)19)9-21-15-6-4-13(18)16-11(15)2-1-7-20-16/h1-8,21H,9H2. The molecule has 3 aromatic rings. The second-order valence-corrected chi connectivity index (χ2v) is 5.86. The lowest BCUT2D eigenvalue weighted by atomic mass is 10.1. The number of hydrogen-bond acceptors (Lipinski definition) is 2. The molecule has 0 aliphatic rings. The Morgan fingerprint density at radius 2 is 2.05 bits per heavy atom. The number of hydrogen-bond donors (Lipinski definition) is 1. The van der Waals surface area contributed by atoms with Gasteiger partial charge in [-0.2, -0.15) is 0 Å². The van der Waals surface area contributed by atoms with Crippen molar-refractivity contribution >= 4 is 44.1 Å². The summed E-state index contributed by atoms with van der Waals surface area (Å²) >= 11 is 9.34. The van der Waals surface area contributed by atoms with Gasteiger partial charge in [0.05, 0.1) is 15.0 Å². The molecule has 106 valence electrons. The molecule has 0 atom stereocenters. The SMILES string of the molecule is Fc1ccc(CNc2ccc(Cl)c3ncccc23)cc1Br. The predicted octanol–water partition coefficient (Wildman–Crippen LogP) is 5.40. The van der Waals surface area contributed by atoms with Crippen LogP contribution in [0.4, 0.5) is 10.1 Å². The molecule has 1 heterocycles. The molecule has 3 rings (SSSR count). The Balaban J connectivity index is 1.88. The molecule has 1 N–H and O–H groups in total. The lowest BCUT2D eigenvalue weighted by molar-refractivity contribution is 0.620. The van der Waals surface area contributed by atoms with Gasteiger partial charge in [-0.3, -0.25) is 4.98 Å². The maximum atomic E-state index is 13.2. The molecule has 0 unspecified atom stereocenters. The largest absolute Gasteiger partial charge is 0.380 e. The maximum Gasteiger partial charge on any atom is 0.137 e. The average molecular weight is 366 g/mol. The van der Waals surface area contributed by atoms with Crippen LogP contribution in [0.1, 0.15) is 5.56 Å². The second kappa shape index (κ2) is 6.00. The third-order valence-electron chi connectivity index (χ3n) is 3.19. The zero-order chi connectivity index (χ0) is 14.8. The van der Waals surface area contributed by atoms with Crippen molar-refractivity contribution in [2.24, 2.45) is 0 Å². The number of benzene rings is 2. The highest BCUT2D eigenvalue weighted by molar-refractivity contribution is 9.10. The summed E-state index contributed by atoms with van der Waals surface area (Å²) in [5.74, 6) is -0.264. The van der Waals surface area contributed by atoms with E-state index in [1.165, 1.54) is 6.07 Å². The molecule has 0 saturated heterocycles. The van der Waals surface area contributed by atoms with Crippen LogP contribution in [-0.2, 0) is 6.54 Å². The number of halogens is 3. The molecule has 0 bridgehead atoms. The molecule has 21 heavy (non-hydrogen) atoms. The van der Waals surface area contributed by atoms with Crippen molar-refractivity contribution in [3.63, 3.8) is 0 Å². The van der Waals surface area contributed by atoms with Crippen LogP contribution in [-0.4, -0.2) is 4.98 Å². The Labute approximate surface area is 135 Å². The number of rotatable bonds is 3. The van der Waals surface area contributed by atoms with E-state index in [0.29, 0.717) is 16.0 Å².